The molecule has 0 saturated carbocycles. The molecule has 80 valence electrons. The van der Waals surface area contributed by atoms with Gasteiger partial charge < -0.3 is 14.5 Å². The molecule has 0 bridgehead atoms. The van der Waals surface area contributed by atoms with Gasteiger partial charge in [-0.05, 0) is 12.1 Å². The number of cyclic esters (lactones) is 1. The van der Waals surface area contributed by atoms with E-state index in [-0.39, 0.29) is 12.0 Å². The van der Waals surface area contributed by atoms with Crippen LogP contribution >= 0.6 is 0 Å². The van der Waals surface area contributed by atoms with Crippen molar-refractivity contribution in [1.29, 1.82) is 0 Å². The summed E-state index contributed by atoms with van der Waals surface area (Å²) >= 11 is 0. The summed E-state index contributed by atoms with van der Waals surface area (Å²) < 4.78 is 10.1. The lowest BCUT2D eigenvalue weighted by molar-refractivity contribution is 0.101. The van der Waals surface area contributed by atoms with Gasteiger partial charge in [0.1, 0.15) is 5.76 Å². The van der Waals surface area contributed by atoms with E-state index < -0.39 is 0 Å². The van der Waals surface area contributed by atoms with Crippen molar-refractivity contribution in [3.05, 3.63) is 23.7 Å². The van der Waals surface area contributed by atoms with E-state index in [1.54, 1.807) is 12.1 Å². The largest absolute Gasteiger partial charge is 0.458 e. The van der Waals surface area contributed by atoms with Crippen molar-refractivity contribution in [2.24, 2.45) is 5.92 Å². The number of amides is 1. The van der Waals surface area contributed by atoms with Gasteiger partial charge in [-0.15, -0.1) is 0 Å². The first-order valence-electron chi connectivity index (χ1n) is 4.72. The number of nitrogens with one attached hydrogen (secondary N) is 1. The third-order valence-corrected chi connectivity index (χ3v) is 2.27. The van der Waals surface area contributed by atoms with Gasteiger partial charge in [0.05, 0.1) is 6.61 Å². The van der Waals surface area contributed by atoms with Crippen LogP contribution in [-0.2, 0) is 11.2 Å². The second-order valence-corrected chi connectivity index (χ2v) is 3.47. The molecule has 2 heterocycles. The van der Waals surface area contributed by atoms with Crippen LogP contribution in [0, 0.1) is 5.92 Å². The van der Waals surface area contributed by atoms with E-state index in [1.165, 1.54) is 0 Å². The average molecular weight is 209 g/mol. The van der Waals surface area contributed by atoms with E-state index in [0.717, 1.165) is 5.76 Å². The fraction of sp³-hybridized carbons (Fsp3) is 0.400. The van der Waals surface area contributed by atoms with Gasteiger partial charge >= 0.3 is 6.09 Å². The topological polar surface area (TPSA) is 68.5 Å². The molecule has 5 heteroatoms. The second-order valence-electron chi connectivity index (χ2n) is 3.47. The number of carbonyl (C=O) groups excluding carboxylic acids is 2. The maximum absolute atomic E-state index is 10.7. The Balaban J connectivity index is 1.91. The smallest absolute Gasteiger partial charge is 0.407 e. The number of carbonyl (C=O) groups is 2. The van der Waals surface area contributed by atoms with Crippen LogP contribution < -0.4 is 5.32 Å². The van der Waals surface area contributed by atoms with Crippen molar-refractivity contribution in [2.45, 2.75) is 6.42 Å². The van der Waals surface area contributed by atoms with Gasteiger partial charge in [0.2, 0.25) is 0 Å². The molecule has 1 N–H and O–H groups in total. The Kier molecular flexibility index (Phi) is 2.71. The van der Waals surface area contributed by atoms with Gasteiger partial charge in [0.15, 0.2) is 12.0 Å². The highest BCUT2D eigenvalue weighted by atomic mass is 16.6. The van der Waals surface area contributed by atoms with Gasteiger partial charge in [0, 0.05) is 18.9 Å². The molecule has 1 fully saturated rings. The van der Waals surface area contributed by atoms with Gasteiger partial charge in [-0.3, -0.25) is 4.79 Å². The Morgan fingerprint density at radius 3 is 3.00 bits per heavy atom. The van der Waals surface area contributed by atoms with Crippen molar-refractivity contribution in [1.82, 2.24) is 5.32 Å². The van der Waals surface area contributed by atoms with Gasteiger partial charge in [-0.2, -0.15) is 0 Å². The summed E-state index contributed by atoms with van der Waals surface area (Å²) in [6.45, 7) is 0.971. The standard InChI is InChI=1S/C10H11NO4/c12-5-9-2-1-8(15-9)3-7-4-11-10(13)14-6-7/h1-2,5,7H,3-4,6H2,(H,11,13)/t7-/m1/s1. The lowest BCUT2D eigenvalue weighted by atomic mass is 10.0. The summed E-state index contributed by atoms with van der Waals surface area (Å²) in [5, 5.41) is 2.60. The minimum atomic E-state index is -0.376. The minimum Gasteiger partial charge on any atom is -0.458 e. The summed E-state index contributed by atoms with van der Waals surface area (Å²) in [5.41, 5.74) is 0. The zero-order valence-corrected chi connectivity index (χ0v) is 8.06. The SMILES string of the molecule is O=Cc1ccc(C[C@@H]2CNC(=O)OC2)o1. The first-order chi connectivity index (χ1) is 7.28. The molecule has 1 saturated heterocycles. The fourth-order valence-electron chi connectivity index (χ4n) is 1.51. The van der Waals surface area contributed by atoms with Gasteiger partial charge in [-0.25, -0.2) is 4.79 Å². The molecular weight excluding hydrogens is 198 g/mol. The van der Waals surface area contributed by atoms with Crippen LogP contribution in [0.1, 0.15) is 16.3 Å². The molecule has 0 radical (unpaired) electrons. The summed E-state index contributed by atoms with van der Waals surface area (Å²) in [7, 11) is 0. The van der Waals surface area contributed by atoms with Crippen molar-refractivity contribution < 1.29 is 18.7 Å². The summed E-state index contributed by atoms with van der Waals surface area (Å²) in [5.74, 6) is 1.26. The van der Waals surface area contributed by atoms with Crippen molar-refractivity contribution in [3.8, 4) is 0 Å². The molecule has 1 aromatic heterocycles. The predicted octanol–water partition coefficient (Wildman–Crippen LogP) is 0.991. The van der Waals surface area contributed by atoms with Crippen molar-refractivity contribution in [3.63, 3.8) is 0 Å². The van der Waals surface area contributed by atoms with E-state index in [9.17, 15) is 9.59 Å². The number of rotatable bonds is 3. The molecule has 0 aromatic carbocycles. The zero-order chi connectivity index (χ0) is 10.7. The van der Waals surface area contributed by atoms with Crippen LogP contribution in [0.4, 0.5) is 4.79 Å². The van der Waals surface area contributed by atoms with Crippen LogP contribution in [0.2, 0.25) is 0 Å². The third-order valence-electron chi connectivity index (χ3n) is 2.27. The van der Waals surface area contributed by atoms with Crippen molar-refractivity contribution in [2.75, 3.05) is 13.2 Å². The molecule has 0 spiro atoms. The van der Waals surface area contributed by atoms with Crippen LogP contribution in [0.25, 0.3) is 0 Å². The Hall–Kier alpha value is -1.78. The van der Waals surface area contributed by atoms with Crippen LogP contribution in [0.3, 0.4) is 0 Å². The first-order valence-corrected chi connectivity index (χ1v) is 4.72. The Labute approximate surface area is 86.4 Å². The second kappa shape index (κ2) is 4.16. The molecule has 1 atom stereocenters. The van der Waals surface area contributed by atoms with Gasteiger partial charge in [-0.1, -0.05) is 0 Å². The molecule has 0 unspecified atom stereocenters. The average Bonchev–Trinajstić information content (AvgIpc) is 2.69. The Morgan fingerprint density at radius 1 is 1.53 bits per heavy atom. The highest BCUT2D eigenvalue weighted by molar-refractivity contribution is 5.70. The molecule has 1 amide bonds. The lowest BCUT2D eigenvalue weighted by Crippen LogP contribution is -2.39. The first kappa shape index (κ1) is 9.76. The van der Waals surface area contributed by atoms with E-state index in [0.29, 0.717) is 31.6 Å². The number of hydrogen-bond donors (Lipinski definition) is 1. The molecule has 2 rings (SSSR count). The summed E-state index contributed by atoms with van der Waals surface area (Å²) in [6.07, 6.45) is 0.954. The summed E-state index contributed by atoms with van der Waals surface area (Å²) in [4.78, 5) is 21.1. The lowest BCUT2D eigenvalue weighted by Gasteiger charge is -2.21. The normalized spacial score (nSPS) is 20.5. The molecule has 1 aliphatic rings. The Morgan fingerprint density at radius 2 is 2.40 bits per heavy atom. The predicted molar refractivity (Wildman–Crippen MR) is 50.6 cm³/mol. The summed E-state index contributed by atoms with van der Waals surface area (Å²) in [6, 6.07) is 3.39. The monoisotopic (exact) mass is 209 g/mol. The zero-order valence-electron chi connectivity index (χ0n) is 8.06. The molecular formula is C10H11NO4. The Bertz CT molecular complexity index is 361. The van der Waals surface area contributed by atoms with E-state index >= 15 is 0 Å². The van der Waals surface area contributed by atoms with E-state index in [4.69, 9.17) is 9.15 Å². The quantitative estimate of drug-likeness (QED) is 0.754. The molecule has 15 heavy (non-hydrogen) atoms. The number of furan rings is 1. The van der Waals surface area contributed by atoms with Crippen LogP contribution in [0.5, 0.6) is 0 Å². The molecule has 1 aliphatic heterocycles. The maximum atomic E-state index is 10.7. The van der Waals surface area contributed by atoms with E-state index in [2.05, 4.69) is 5.32 Å². The minimum absolute atomic E-state index is 0.202. The number of alkyl carbamates (subject to hydrolysis) is 1. The molecule has 0 aliphatic carbocycles. The third kappa shape index (κ3) is 2.37. The van der Waals surface area contributed by atoms with Crippen LogP contribution in [0.15, 0.2) is 16.5 Å². The number of ether oxygens (including phenoxy) is 1. The van der Waals surface area contributed by atoms with Crippen LogP contribution in [-0.4, -0.2) is 25.5 Å². The highest BCUT2D eigenvalue weighted by Gasteiger charge is 2.20. The maximum Gasteiger partial charge on any atom is 0.407 e. The number of aldehydes is 1. The van der Waals surface area contributed by atoms with E-state index in [1.807, 2.05) is 0 Å². The molecule has 5 nitrogen and oxygen atoms in total. The number of hydrogen-bond acceptors (Lipinski definition) is 4. The highest BCUT2D eigenvalue weighted by Crippen LogP contribution is 2.13. The molecule has 1 aromatic rings. The fourth-order valence-corrected chi connectivity index (χ4v) is 1.51. The van der Waals surface area contributed by atoms with Gasteiger partial charge in [0.25, 0.3) is 0 Å². The van der Waals surface area contributed by atoms with Crippen molar-refractivity contribution >= 4 is 12.4 Å².